The number of aryl methyl sites for hydroxylation is 1. The number of aliphatic hydroxyl groups excluding tert-OH is 1. The van der Waals surface area contributed by atoms with Gasteiger partial charge in [-0.15, -0.1) is 11.3 Å². The average molecular weight is 450 g/mol. The zero-order valence-electron chi connectivity index (χ0n) is 17.7. The zero-order valence-corrected chi connectivity index (χ0v) is 18.6. The number of hydrogen-bond acceptors (Lipinski definition) is 6. The van der Waals surface area contributed by atoms with Gasteiger partial charge in [0.15, 0.2) is 0 Å². The summed E-state index contributed by atoms with van der Waals surface area (Å²) in [5.41, 5.74) is 1.46. The standard InChI is InChI=1S/C25H23NO5S/c1-3-12-31-17-8-6-7-16(14-17)22(28)20-21(24-15(2)11-13-32-24)26(25(30)23(20)29)18-9-4-5-10-19(18)27/h4-11,13-14,21,27-28H,3,12H2,1-2H3/b22-20-. The van der Waals surface area contributed by atoms with Gasteiger partial charge in [-0.05, 0) is 54.6 Å². The van der Waals surface area contributed by atoms with Gasteiger partial charge >= 0.3 is 0 Å². The smallest absolute Gasteiger partial charge is 0.300 e. The molecule has 7 heteroatoms. The fraction of sp³-hybridized carbons (Fsp3) is 0.200. The van der Waals surface area contributed by atoms with E-state index in [0.29, 0.717) is 17.9 Å². The van der Waals surface area contributed by atoms with E-state index in [1.54, 1.807) is 42.5 Å². The Hall–Kier alpha value is -3.58. The highest BCUT2D eigenvalue weighted by molar-refractivity contribution is 7.10. The lowest BCUT2D eigenvalue weighted by Crippen LogP contribution is -2.29. The van der Waals surface area contributed by atoms with E-state index in [-0.39, 0.29) is 22.8 Å². The first-order chi connectivity index (χ1) is 15.4. The van der Waals surface area contributed by atoms with Gasteiger partial charge in [0, 0.05) is 10.4 Å². The first-order valence-corrected chi connectivity index (χ1v) is 11.2. The molecule has 1 aliphatic rings. The predicted molar refractivity (Wildman–Crippen MR) is 124 cm³/mol. The molecule has 4 rings (SSSR count). The first kappa shape index (κ1) is 21.6. The summed E-state index contributed by atoms with van der Waals surface area (Å²) in [5, 5.41) is 23.5. The summed E-state index contributed by atoms with van der Waals surface area (Å²) >= 11 is 1.39. The van der Waals surface area contributed by atoms with Crippen LogP contribution in [0.15, 0.2) is 65.6 Å². The number of carbonyl (C=O) groups is 2. The van der Waals surface area contributed by atoms with Crippen LogP contribution >= 0.6 is 11.3 Å². The number of hydrogen-bond donors (Lipinski definition) is 2. The van der Waals surface area contributed by atoms with E-state index in [4.69, 9.17) is 4.74 Å². The maximum absolute atomic E-state index is 13.2. The van der Waals surface area contributed by atoms with Gasteiger partial charge in [0.1, 0.15) is 23.3 Å². The highest BCUT2D eigenvalue weighted by Gasteiger charge is 2.48. The Kier molecular flexibility index (Phi) is 6.01. The van der Waals surface area contributed by atoms with Gasteiger partial charge in [-0.2, -0.15) is 0 Å². The third-order valence-corrected chi connectivity index (χ3v) is 6.39. The monoisotopic (exact) mass is 449 g/mol. The van der Waals surface area contributed by atoms with Crippen molar-refractivity contribution in [3.8, 4) is 11.5 Å². The fourth-order valence-electron chi connectivity index (χ4n) is 3.77. The Bertz CT molecular complexity index is 1210. The third-order valence-electron chi connectivity index (χ3n) is 5.32. The van der Waals surface area contributed by atoms with Gasteiger partial charge in [-0.25, -0.2) is 0 Å². The van der Waals surface area contributed by atoms with E-state index in [1.807, 2.05) is 25.3 Å². The lowest BCUT2D eigenvalue weighted by atomic mass is 9.98. The number of phenols is 1. The number of rotatable bonds is 6. The van der Waals surface area contributed by atoms with Crippen LogP contribution in [0.4, 0.5) is 5.69 Å². The topological polar surface area (TPSA) is 87.1 Å². The molecule has 1 aromatic heterocycles. The number of aliphatic hydroxyl groups is 1. The summed E-state index contributed by atoms with van der Waals surface area (Å²) < 4.78 is 5.65. The van der Waals surface area contributed by atoms with Crippen molar-refractivity contribution in [2.45, 2.75) is 26.3 Å². The van der Waals surface area contributed by atoms with Gasteiger partial charge < -0.3 is 14.9 Å². The van der Waals surface area contributed by atoms with E-state index < -0.39 is 17.7 Å². The lowest BCUT2D eigenvalue weighted by molar-refractivity contribution is -0.132. The second-order valence-electron chi connectivity index (χ2n) is 7.50. The van der Waals surface area contributed by atoms with Crippen LogP contribution in [0, 0.1) is 6.92 Å². The van der Waals surface area contributed by atoms with Crippen molar-refractivity contribution in [2.75, 3.05) is 11.5 Å². The van der Waals surface area contributed by atoms with Crippen LogP contribution in [0.2, 0.25) is 0 Å². The number of aromatic hydroxyl groups is 1. The molecule has 1 atom stereocenters. The molecular formula is C25H23NO5S. The van der Waals surface area contributed by atoms with Crippen LogP contribution < -0.4 is 9.64 Å². The number of ether oxygens (including phenoxy) is 1. The van der Waals surface area contributed by atoms with Crippen LogP contribution in [0.5, 0.6) is 11.5 Å². The minimum atomic E-state index is -0.858. The number of anilines is 1. The molecule has 0 bridgehead atoms. The number of carbonyl (C=O) groups excluding carboxylic acids is 2. The largest absolute Gasteiger partial charge is 0.507 e. The highest BCUT2D eigenvalue weighted by atomic mass is 32.1. The van der Waals surface area contributed by atoms with Crippen molar-refractivity contribution in [3.63, 3.8) is 0 Å². The molecule has 0 radical (unpaired) electrons. The molecule has 1 fully saturated rings. The van der Waals surface area contributed by atoms with Gasteiger partial charge in [0.05, 0.1) is 17.9 Å². The van der Waals surface area contributed by atoms with Gasteiger partial charge in [-0.1, -0.05) is 31.2 Å². The number of para-hydroxylation sites is 2. The zero-order chi connectivity index (χ0) is 22.8. The number of benzene rings is 2. The molecule has 1 amide bonds. The van der Waals surface area contributed by atoms with Crippen LogP contribution in [-0.4, -0.2) is 28.5 Å². The summed E-state index contributed by atoms with van der Waals surface area (Å²) in [6, 6.07) is 14.2. The summed E-state index contributed by atoms with van der Waals surface area (Å²) in [4.78, 5) is 28.3. The van der Waals surface area contributed by atoms with Crippen LogP contribution in [0.25, 0.3) is 5.76 Å². The van der Waals surface area contributed by atoms with Crippen molar-refractivity contribution in [1.29, 1.82) is 0 Å². The highest BCUT2D eigenvalue weighted by Crippen LogP contribution is 2.46. The van der Waals surface area contributed by atoms with E-state index in [2.05, 4.69) is 0 Å². The minimum absolute atomic E-state index is 0.0172. The van der Waals surface area contributed by atoms with Crippen molar-refractivity contribution >= 4 is 34.5 Å². The van der Waals surface area contributed by atoms with Crippen LogP contribution in [-0.2, 0) is 9.59 Å². The summed E-state index contributed by atoms with van der Waals surface area (Å²) in [6.45, 7) is 4.40. The van der Waals surface area contributed by atoms with Crippen molar-refractivity contribution in [2.24, 2.45) is 0 Å². The molecular weight excluding hydrogens is 426 g/mol. The molecule has 0 aliphatic carbocycles. The molecule has 32 heavy (non-hydrogen) atoms. The van der Waals surface area contributed by atoms with E-state index in [9.17, 15) is 19.8 Å². The number of amides is 1. The number of nitrogens with zero attached hydrogens (tertiary/aromatic N) is 1. The van der Waals surface area contributed by atoms with E-state index in [1.165, 1.54) is 22.3 Å². The summed E-state index contributed by atoms with van der Waals surface area (Å²) in [5.74, 6) is -1.44. The van der Waals surface area contributed by atoms with E-state index in [0.717, 1.165) is 16.9 Å². The first-order valence-electron chi connectivity index (χ1n) is 10.3. The minimum Gasteiger partial charge on any atom is -0.507 e. The maximum atomic E-state index is 13.2. The molecule has 1 aliphatic heterocycles. The normalized spacial score (nSPS) is 17.7. The summed E-state index contributed by atoms with van der Waals surface area (Å²) in [7, 11) is 0. The number of thiophene rings is 1. The van der Waals surface area contributed by atoms with Crippen molar-refractivity contribution < 1.29 is 24.5 Å². The molecule has 1 unspecified atom stereocenters. The summed E-state index contributed by atoms with van der Waals surface area (Å²) in [6.07, 6.45) is 0.833. The van der Waals surface area contributed by atoms with Crippen molar-refractivity contribution in [1.82, 2.24) is 0 Å². The fourth-order valence-corrected chi connectivity index (χ4v) is 4.79. The Labute approximate surface area is 190 Å². The molecule has 0 saturated carbocycles. The maximum Gasteiger partial charge on any atom is 0.300 e. The lowest BCUT2D eigenvalue weighted by Gasteiger charge is -2.25. The molecule has 1 saturated heterocycles. The molecule has 0 spiro atoms. The number of Topliss-reactive ketones (excluding diaryl/α,β-unsaturated/α-hetero) is 1. The Balaban J connectivity index is 1.90. The average Bonchev–Trinajstić information content (AvgIpc) is 3.33. The van der Waals surface area contributed by atoms with Crippen molar-refractivity contribution in [3.05, 3.63) is 81.6 Å². The number of ketones is 1. The molecule has 6 nitrogen and oxygen atoms in total. The SMILES string of the molecule is CCCOc1cccc(/C(O)=C2/C(=O)C(=O)N(c3ccccc3O)C2c2sccc2C)c1. The molecule has 2 aromatic carbocycles. The van der Waals surface area contributed by atoms with E-state index >= 15 is 0 Å². The Morgan fingerprint density at radius 3 is 2.59 bits per heavy atom. The Morgan fingerprint density at radius 1 is 1.12 bits per heavy atom. The second-order valence-corrected chi connectivity index (χ2v) is 8.45. The quantitative estimate of drug-likeness (QED) is 0.308. The molecule has 2 N–H and O–H groups in total. The number of phenolic OH excluding ortho intramolecular Hbond substituents is 1. The predicted octanol–water partition coefficient (Wildman–Crippen LogP) is 5.18. The van der Waals surface area contributed by atoms with Gasteiger partial charge in [0.25, 0.3) is 11.7 Å². The van der Waals surface area contributed by atoms with Gasteiger partial charge in [0.2, 0.25) is 0 Å². The Morgan fingerprint density at radius 2 is 1.91 bits per heavy atom. The van der Waals surface area contributed by atoms with Gasteiger partial charge in [-0.3, -0.25) is 14.5 Å². The molecule has 2 heterocycles. The second kappa shape index (κ2) is 8.88. The molecule has 164 valence electrons. The molecule has 3 aromatic rings. The van der Waals surface area contributed by atoms with Crippen LogP contribution in [0.1, 0.15) is 35.4 Å². The van der Waals surface area contributed by atoms with Crippen LogP contribution in [0.3, 0.4) is 0 Å². The third kappa shape index (κ3) is 3.76.